The van der Waals surface area contributed by atoms with Crippen LogP contribution < -0.4 is 19.7 Å². The molecule has 0 radical (unpaired) electrons. The van der Waals surface area contributed by atoms with Gasteiger partial charge in [-0.05, 0) is 49.7 Å². The van der Waals surface area contributed by atoms with Crippen molar-refractivity contribution >= 4 is 28.5 Å². The lowest BCUT2D eigenvalue weighted by molar-refractivity contribution is -0.929. The zero-order chi connectivity index (χ0) is 24.4. The van der Waals surface area contributed by atoms with E-state index in [4.69, 9.17) is 14.2 Å². The summed E-state index contributed by atoms with van der Waals surface area (Å²) in [5.41, 5.74) is 3.13. The van der Waals surface area contributed by atoms with E-state index in [2.05, 4.69) is 10.3 Å². The van der Waals surface area contributed by atoms with E-state index in [0.717, 1.165) is 23.4 Å². The Labute approximate surface area is 197 Å². The predicted octanol–water partition coefficient (Wildman–Crippen LogP) is 2.47. The Morgan fingerprint density at radius 2 is 1.85 bits per heavy atom. The molecule has 3 aromatic rings. The number of carbonyl (C=O) groups excluding carboxylic acids is 2. The van der Waals surface area contributed by atoms with Gasteiger partial charge in [0.2, 0.25) is 0 Å². The van der Waals surface area contributed by atoms with Crippen LogP contribution >= 0.6 is 0 Å². The summed E-state index contributed by atoms with van der Waals surface area (Å²) in [4.78, 5) is 29.8. The fourth-order valence-electron chi connectivity index (χ4n) is 4.43. The van der Waals surface area contributed by atoms with E-state index in [1.54, 1.807) is 21.1 Å². The van der Waals surface area contributed by atoms with Crippen molar-refractivity contribution in [1.82, 2.24) is 4.98 Å². The van der Waals surface area contributed by atoms with Crippen molar-refractivity contribution in [2.75, 3.05) is 32.7 Å². The number of anilines is 1. The van der Waals surface area contributed by atoms with Crippen molar-refractivity contribution in [2.45, 2.75) is 32.9 Å². The number of H-pyrrole nitrogens is 1. The lowest BCUT2D eigenvalue weighted by Gasteiger charge is -2.30. The monoisotopic (exact) mass is 470 g/mol. The highest BCUT2D eigenvalue weighted by atomic mass is 19.1. The number of hydrogen-bond acceptors (Lipinski definition) is 5. The standard InChI is InChI=1S/C25H28FN3O5/c1-5-34-25(31)23-22(18-12-17(26)6-7-19(18)27-23)28-24(30)14(2)29-9-8-15-10-20(32-3)21(33-4)11-16(15)13-29/h6-7,10-12,14,27H,5,8-9,13H2,1-4H3,(H,28,30)/p+1/t14-/m0/s1. The van der Waals surface area contributed by atoms with Gasteiger partial charge in [-0.25, -0.2) is 9.18 Å². The number of ether oxygens (including phenoxy) is 3. The molecule has 0 aliphatic carbocycles. The van der Waals surface area contributed by atoms with Crippen LogP contribution in [0.2, 0.25) is 0 Å². The number of hydrogen-bond donors (Lipinski definition) is 3. The number of nitrogens with one attached hydrogen (secondary N) is 3. The minimum absolute atomic E-state index is 0.0961. The topological polar surface area (TPSA) is 94.1 Å². The minimum atomic E-state index is -0.609. The first kappa shape index (κ1) is 23.6. The summed E-state index contributed by atoms with van der Waals surface area (Å²) < 4.78 is 29.9. The van der Waals surface area contributed by atoms with Crippen LogP contribution in [0.1, 0.15) is 35.5 Å². The average molecular weight is 471 g/mol. The second kappa shape index (κ2) is 9.72. The van der Waals surface area contributed by atoms with E-state index in [9.17, 15) is 14.0 Å². The van der Waals surface area contributed by atoms with Gasteiger partial charge in [0.1, 0.15) is 18.1 Å². The summed E-state index contributed by atoms with van der Waals surface area (Å²) >= 11 is 0. The van der Waals surface area contributed by atoms with Gasteiger partial charge in [-0.1, -0.05) is 0 Å². The number of rotatable bonds is 7. The second-order valence-electron chi connectivity index (χ2n) is 8.31. The molecular weight excluding hydrogens is 441 g/mol. The van der Waals surface area contributed by atoms with Crippen LogP contribution in [-0.4, -0.2) is 50.3 Å². The second-order valence-corrected chi connectivity index (χ2v) is 8.31. The van der Waals surface area contributed by atoms with Crippen molar-refractivity contribution in [3.8, 4) is 11.5 Å². The number of quaternary nitrogens is 1. The van der Waals surface area contributed by atoms with Gasteiger partial charge in [0, 0.05) is 22.9 Å². The Morgan fingerprint density at radius 1 is 1.15 bits per heavy atom. The molecule has 4 rings (SSSR count). The zero-order valence-electron chi connectivity index (χ0n) is 19.7. The number of methoxy groups -OCH3 is 2. The molecule has 0 saturated carbocycles. The van der Waals surface area contributed by atoms with Crippen molar-refractivity contribution in [2.24, 2.45) is 0 Å². The van der Waals surface area contributed by atoms with Crippen LogP contribution in [0, 0.1) is 5.82 Å². The molecule has 34 heavy (non-hydrogen) atoms. The molecule has 9 heteroatoms. The average Bonchev–Trinajstić information content (AvgIpc) is 3.19. The predicted molar refractivity (Wildman–Crippen MR) is 125 cm³/mol. The normalized spacial score (nSPS) is 16.0. The van der Waals surface area contributed by atoms with E-state index in [-0.39, 0.29) is 23.9 Å². The van der Waals surface area contributed by atoms with E-state index in [0.29, 0.717) is 28.9 Å². The molecule has 2 aromatic carbocycles. The Bertz CT molecular complexity index is 1240. The smallest absolute Gasteiger partial charge is 0.356 e. The van der Waals surface area contributed by atoms with Gasteiger partial charge in [0.05, 0.1) is 33.1 Å². The number of halogens is 1. The van der Waals surface area contributed by atoms with Gasteiger partial charge < -0.3 is 29.4 Å². The molecule has 0 fully saturated rings. The molecule has 1 aliphatic rings. The maximum atomic E-state index is 14.0. The van der Waals surface area contributed by atoms with Crippen molar-refractivity contribution in [3.05, 3.63) is 53.0 Å². The van der Waals surface area contributed by atoms with E-state index >= 15 is 0 Å². The Balaban J connectivity index is 1.58. The van der Waals surface area contributed by atoms with Crippen LogP contribution in [0.4, 0.5) is 10.1 Å². The highest BCUT2D eigenvalue weighted by molar-refractivity contribution is 6.11. The Hall–Kier alpha value is -3.59. The van der Waals surface area contributed by atoms with Gasteiger partial charge in [-0.2, -0.15) is 0 Å². The number of aromatic amines is 1. The number of carbonyl (C=O) groups is 2. The third kappa shape index (κ3) is 4.43. The molecule has 0 spiro atoms. The summed E-state index contributed by atoms with van der Waals surface area (Å²) in [6, 6.07) is 7.64. The number of esters is 1. The summed E-state index contributed by atoms with van der Waals surface area (Å²) in [5.74, 6) is -0.00172. The molecule has 1 amide bonds. The van der Waals surface area contributed by atoms with Crippen LogP contribution in [-0.2, 0) is 22.5 Å². The minimum Gasteiger partial charge on any atom is -0.493 e. The molecule has 8 nitrogen and oxygen atoms in total. The SMILES string of the molecule is CCOC(=O)c1[nH]c2ccc(F)cc2c1NC(=O)[C@H](C)[NH+]1CCc2cc(OC)c(OC)cc2C1. The Kier molecular flexibility index (Phi) is 6.74. The van der Waals surface area contributed by atoms with Crippen LogP contribution in [0.5, 0.6) is 11.5 Å². The third-order valence-electron chi connectivity index (χ3n) is 6.33. The van der Waals surface area contributed by atoms with Gasteiger partial charge in [0.15, 0.2) is 17.5 Å². The van der Waals surface area contributed by atoms with E-state index in [1.165, 1.54) is 23.8 Å². The molecule has 1 unspecified atom stereocenters. The quantitative estimate of drug-likeness (QED) is 0.462. The zero-order valence-corrected chi connectivity index (χ0v) is 19.7. The molecule has 180 valence electrons. The highest BCUT2D eigenvalue weighted by Crippen LogP contribution is 2.32. The van der Waals surface area contributed by atoms with Crippen LogP contribution in [0.15, 0.2) is 30.3 Å². The Morgan fingerprint density at radius 3 is 2.53 bits per heavy atom. The van der Waals surface area contributed by atoms with Gasteiger partial charge >= 0.3 is 5.97 Å². The maximum Gasteiger partial charge on any atom is 0.356 e. The number of benzene rings is 2. The first-order valence-corrected chi connectivity index (χ1v) is 11.2. The van der Waals surface area contributed by atoms with Crippen molar-refractivity contribution in [3.63, 3.8) is 0 Å². The van der Waals surface area contributed by atoms with Gasteiger partial charge in [-0.3, -0.25) is 4.79 Å². The largest absolute Gasteiger partial charge is 0.493 e. The lowest BCUT2D eigenvalue weighted by atomic mass is 9.97. The third-order valence-corrected chi connectivity index (χ3v) is 6.33. The van der Waals surface area contributed by atoms with Crippen molar-refractivity contribution in [1.29, 1.82) is 0 Å². The fourth-order valence-corrected chi connectivity index (χ4v) is 4.43. The first-order valence-electron chi connectivity index (χ1n) is 11.2. The molecule has 2 atom stereocenters. The molecule has 0 bridgehead atoms. The summed E-state index contributed by atoms with van der Waals surface area (Å²) in [6.45, 7) is 5.11. The molecule has 2 heterocycles. The number of fused-ring (bicyclic) bond motifs is 2. The van der Waals surface area contributed by atoms with Crippen molar-refractivity contribution < 1.29 is 33.1 Å². The van der Waals surface area contributed by atoms with Crippen LogP contribution in [0.25, 0.3) is 10.9 Å². The first-order chi connectivity index (χ1) is 16.4. The number of aromatic nitrogens is 1. The van der Waals surface area contributed by atoms with E-state index in [1.807, 2.05) is 19.1 Å². The number of amides is 1. The van der Waals surface area contributed by atoms with Gasteiger partial charge in [0.25, 0.3) is 5.91 Å². The molecule has 1 aliphatic heterocycles. The maximum absolute atomic E-state index is 14.0. The summed E-state index contributed by atoms with van der Waals surface area (Å²) in [7, 11) is 3.21. The van der Waals surface area contributed by atoms with E-state index < -0.39 is 17.8 Å². The molecule has 0 saturated heterocycles. The fraction of sp³-hybridized carbons (Fsp3) is 0.360. The van der Waals surface area contributed by atoms with Gasteiger partial charge in [-0.15, -0.1) is 0 Å². The summed E-state index contributed by atoms with van der Waals surface area (Å²) in [6.07, 6.45) is 0.787. The molecule has 1 aromatic heterocycles. The molecule has 3 N–H and O–H groups in total. The highest BCUT2D eigenvalue weighted by Gasteiger charge is 2.31. The summed E-state index contributed by atoms with van der Waals surface area (Å²) in [5, 5.41) is 3.27. The van der Waals surface area contributed by atoms with Crippen LogP contribution in [0.3, 0.4) is 0 Å². The molecular formula is C25H29FN3O5+. The lowest BCUT2D eigenvalue weighted by Crippen LogP contribution is -3.16.